The first-order chi connectivity index (χ1) is 15.9. The van der Waals surface area contributed by atoms with Gasteiger partial charge in [-0.25, -0.2) is 14.8 Å². The summed E-state index contributed by atoms with van der Waals surface area (Å²) >= 11 is 5.33. The quantitative estimate of drug-likeness (QED) is 0.377. The van der Waals surface area contributed by atoms with Crippen molar-refractivity contribution in [2.24, 2.45) is 9.98 Å². The molecular weight excluding hydrogens is 442 g/mol. The summed E-state index contributed by atoms with van der Waals surface area (Å²) in [5.74, 6) is -0.786. The van der Waals surface area contributed by atoms with E-state index in [2.05, 4.69) is 15.3 Å². The van der Waals surface area contributed by atoms with Crippen molar-refractivity contribution in [2.75, 3.05) is 11.9 Å². The number of ether oxygens (including phenoxy) is 1. The number of nitrogens with one attached hydrogen (secondary N) is 1. The molecule has 1 aliphatic rings. The number of fused-ring (bicyclic) bond motifs is 1. The van der Waals surface area contributed by atoms with Crippen LogP contribution >= 0.6 is 12.2 Å². The summed E-state index contributed by atoms with van der Waals surface area (Å²) in [6, 6.07) is 7.32. The first-order valence-electron chi connectivity index (χ1n) is 10.8. The minimum Gasteiger partial charge on any atom is -0.494 e. The molecule has 0 unspecified atom stereocenters. The third-order valence-electron chi connectivity index (χ3n) is 5.16. The van der Waals surface area contributed by atoms with E-state index < -0.39 is 11.5 Å². The van der Waals surface area contributed by atoms with Crippen molar-refractivity contribution in [3.8, 4) is 5.88 Å². The molecular formula is C23H27N5O4S. The van der Waals surface area contributed by atoms with Crippen LogP contribution in [0.15, 0.2) is 50.3 Å². The molecule has 10 heteroatoms. The molecule has 9 nitrogen and oxygen atoms in total. The Kier molecular flexibility index (Phi) is 7.59. The van der Waals surface area contributed by atoms with Crippen LogP contribution in [-0.4, -0.2) is 38.9 Å². The lowest BCUT2D eigenvalue weighted by atomic mass is 10.1. The van der Waals surface area contributed by atoms with Crippen LogP contribution in [0, 0.1) is 4.77 Å². The maximum Gasteiger partial charge on any atom is 0.343 e. The summed E-state index contributed by atoms with van der Waals surface area (Å²) in [5, 5.41) is 14.0. The van der Waals surface area contributed by atoms with Crippen LogP contribution in [0.2, 0.25) is 0 Å². The summed E-state index contributed by atoms with van der Waals surface area (Å²) in [5.41, 5.74) is 1.55. The van der Waals surface area contributed by atoms with Gasteiger partial charge in [0.15, 0.2) is 10.6 Å². The number of nitrogens with zero attached hydrogens (tertiary/aromatic N) is 4. The smallest absolute Gasteiger partial charge is 0.343 e. The number of hydrogen-bond donors (Lipinski definition) is 2. The number of allylic oxidation sites excluding steroid dienone is 1. The standard InChI is InChI=1S/C23H27N5O4S/c1-5-15-18(22(31)32-8-4)19(26-17-12-10-9-11-16(17)25-15)24-13-14-20(29)27(6-2)23(33)28(7-3)21(14)30/h9-13,25,29H,5-8H2,1-4H3. The monoisotopic (exact) mass is 469 g/mol. The van der Waals surface area contributed by atoms with Gasteiger partial charge in [0.25, 0.3) is 5.56 Å². The molecule has 1 aliphatic heterocycles. The summed E-state index contributed by atoms with van der Waals surface area (Å²) in [7, 11) is 0. The van der Waals surface area contributed by atoms with Gasteiger partial charge in [-0.3, -0.25) is 13.9 Å². The number of aromatic nitrogens is 2. The minimum absolute atomic E-state index is 0.0400. The predicted molar refractivity (Wildman–Crippen MR) is 131 cm³/mol. The fourth-order valence-corrected chi connectivity index (χ4v) is 3.92. The Morgan fingerprint density at radius 3 is 2.55 bits per heavy atom. The average molecular weight is 470 g/mol. The third-order valence-corrected chi connectivity index (χ3v) is 5.60. The van der Waals surface area contributed by atoms with Crippen molar-refractivity contribution in [3.63, 3.8) is 0 Å². The zero-order chi connectivity index (χ0) is 24.1. The summed E-state index contributed by atoms with van der Waals surface area (Å²) in [6.07, 6.45) is 1.72. The lowest BCUT2D eigenvalue weighted by molar-refractivity contribution is -0.137. The second kappa shape index (κ2) is 10.4. The third kappa shape index (κ3) is 4.65. The van der Waals surface area contributed by atoms with E-state index in [-0.39, 0.29) is 34.2 Å². The van der Waals surface area contributed by atoms with Crippen molar-refractivity contribution in [2.45, 2.75) is 47.2 Å². The molecule has 0 aliphatic carbocycles. The molecule has 0 spiro atoms. The van der Waals surface area contributed by atoms with Gasteiger partial charge >= 0.3 is 5.97 Å². The van der Waals surface area contributed by atoms with E-state index in [1.54, 1.807) is 19.9 Å². The maximum absolute atomic E-state index is 13.0. The SMILES string of the molecule is CCOC(=O)C1=C(CC)Nc2ccccc2N=C1N=Cc1c(O)n(CC)c(=S)n(CC)c1=O. The van der Waals surface area contributed by atoms with Crippen LogP contribution in [0.4, 0.5) is 11.4 Å². The number of para-hydroxylation sites is 2. The summed E-state index contributed by atoms with van der Waals surface area (Å²) in [6.45, 7) is 8.12. The molecule has 0 saturated heterocycles. The Balaban J connectivity index is 2.25. The minimum atomic E-state index is -0.578. The van der Waals surface area contributed by atoms with Gasteiger partial charge in [-0.05, 0) is 51.5 Å². The van der Waals surface area contributed by atoms with Crippen molar-refractivity contribution in [1.82, 2.24) is 9.13 Å². The van der Waals surface area contributed by atoms with Crippen molar-refractivity contribution in [1.29, 1.82) is 0 Å². The Morgan fingerprint density at radius 1 is 1.21 bits per heavy atom. The highest BCUT2D eigenvalue weighted by Gasteiger charge is 2.25. The molecule has 3 rings (SSSR count). The van der Waals surface area contributed by atoms with Crippen molar-refractivity contribution >= 4 is 41.6 Å². The molecule has 0 fully saturated rings. The predicted octanol–water partition coefficient (Wildman–Crippen LogP) is 3.93. The first-order valence-corrected chi connectivity index (χ1v) is 11.2. The maximum atomic E-state index is 13.0. The highest BCUT2D eigenvalue weighted by molar-refractivity contribution is 7.71. The van der Waals surface area contributed by atoms with Crippen molar-refractivity contribution < 1.29 is 14.6 Å². The largest absolute Gasteiger partial charge is 0.494 e. The number of esters is 1. The van der Waals surface area contributed by atoms with Crippen LogP contribution in [0.5, 0.6) is 5.88 Å². The van der Waals surface area contributed by atoms with E-state index in [1.807, 2.05) is 32.0 Å². The number of hydrogen-bond acceptors (Lipinski definition) is 8. The van der Waals surface area contributed by atoms with Gasteiger partial charge in [0.2, 0.25) is 5.88 Å². The molecule has 0 radical (unpaired) electrons. The second-order valence-corrected chi connectivity index (χ2v) is 7.44. The Hall–Kier alpha value is -3.53. The first kappa shape index (κ1) is 24.1. The Bertz CT molecular complexity index is 1290. The van der Waals surface area contributed by atoms with Gasteiger partial charge < -0.3 is 15.2 Å². The number of carbonyl (C=O) groups is 1. The van der Waals surface area contributed by atoms with Crippen LogP contribution < -0.4 is 10.9 Å². The summed E-state index contributed by atoms with van der Waals surface area (Å²) < 4.78 is 8.32. The molecule has 33 heavy (non-hydrogen) atoms. The molecule has 0 amide bonds. The zero-order valence-electron chi connectivity index (χ0n) is 19.1. The Morgan fingerprint density at radius 2 is 1.91 bits per heavy atom. The van der Waals surface area contributed by atoms with Crippen molar-refractivity contribution in [3.05, 3.63) is 56.2 Å². The van der Waals surface area contributed by atoms with Crippen LogP contribution in [0.25, 0.3) is 0 Å². The topological polar surface area (TPSA) is 110 Å². The number of rotatable bonds is 6. The number of amidine groups is 1. The second-order valence-electron chi connectivity index (χ2n) is 7.08. The fourth-order valence-electron chi connectivity index (χ4n) is 3.50. The molecule has 1 aromatic carbocycles. The number of aliphatic imine (C=N–C) groups is 2. The lowest BCUT2D eigenvalue weighted by Gasteiger charge is -2.14. The molecule has 0 saturated carbocycles. The van der Waals surface area contributed by atoms with E-state index in [1.165, 1.54) is 15.3 Å². The fraction of sp³-hybridized carbons (Fsp3) is 0.348. The van der Waals surface area contributed by atoms with E-state index in [0.29, 0.717) is 30.9 Å². The normalized spacial score (nSPS) is 13.4. The van der Waals surface area contributed by atoms with Gasteiger partial charge in [-0.1, -0.05) is 19.1 Å². The lowest BCUT2D eigenvalue weighted by Crippen LogP contribution is -2.28. The Labute approximate surface area is 196 Å². The number of benzene rings is 1. The van der Waals surface area contributed by atoms with Crippen LogP contribution in [-0.2, 0) is 22.6 Å². The van der Waals surface area contributed by atoms with Crippen LogP contribution in [0.3, 0.4) is 0 Å². The number of carbonyl (C=O) groups excluding carboxylic acids is 1. The molecule has 2 heterocycles. The molecule has 2 aromatic rings. The molecule has 1 aromatic heterocycles. The zero-order valence-corrected chi connectivity index (χ0v) is 19.9. The van der Waals surface area contributed by atoms with Gasteiger partial charge in [-0.2, -0.15) is 0 Å². The van der Waals surface area contributed by atoms with Gasteiger partial charge in [0.1, 0.15) is 11.1 Å². The van der Waals surface area contributed by atoms with E-state index in [0.717, 1.165) is 5.69 Å². The highest BCUT2D eigenvalue weighted by Crippen LogP contribution is 2.32. The van der Waals surface area contributed by atoms with Gasteiger partial charge in [-0.15, -0.1) is 0 Å². The van der Waals surface area contributed by atoms with Gasteiger partial charge in [0, 0.05) is 25.0 Å². The molecule has 2 N–H and O–H groups in total. The van der Waals surface area contributed by atoms with Crippen LogP contribution in [0.1, 0.15) is 39.7 Å². The molecule has 0 bridgehead atoms. The number of aromatic hydroxyl groups is 1. The molecule has 0 atom stereocenters. The van der Waals surface area contributed by atoms with E-state index in [9.17, 15) is 14.7 Å². The summed E-state index contributed by atoms with van der Waals surface area (Å²) in [4.78, 5) is 34.8. The van der Waals surface area contributed by atoms with Gasteiger partial charge in [0.05, 0.1) is 18.0 Å². The highest BCUT2D eigenvalue weighted by atomic mass is 32.1. The van der Waals surface area contributed by atoms with E-state index >= 15 is 0 Å². The molecule has 174 valence electrons. The van der Waals surface area contributed by atoms with E-state index in [4.69, 9.17) is 17.0 Å². The average Bonchev–Trinajstić information content (AvgIpc) is 2.96. The number of anilines is 1.